The minimum absolute atomic E-state index is 0.311. The maximum Gasteiger partial charge on any atom is 0.143 e. The van der Waals surface area contributed by atoms with Crippen LogP contribution in [0.4, 0.5) is 0 Å². The molecule has 25 heavy (non-hydrogen) atoms. The van der Waals surface area contributed by atoms with Crippen molar-refractivity contribution in [1.82, 2.24) is 0 Å². The van der Waals surface area contributed by atoms with Gasteiger partial charge < -0.3 is 0 Å². The van der Waals surface area contributed by atoms with Crippen LogP contribution in [0.5, 0.6) is 0 Å². The van der Waals surface area contributed by atoms with Crippen molar-refractivity contribution in [3.05, 3.63) is 83.9 Å². The number of benzene rings is 3. The summed E-state index contributed by atoms with van der Waals surface area (Å²) in [7, 11) is 0. The van der Waals surface area contributed by atoms with Crippen LogP contribution in [0.15, 0.2) is 72.8 Å². The van der Waals surface area contributed by atoms with Crippen LogP contribution in [-0.4, -0.2) is 5.78 Å². The highest BCUT2D eigenvalue weighted by Crippen LogP contribution is 2.57. The molecule has 0 spiro atoms. The van der Waals surface area contributed by atoms with E-state index in [1.807, 2.05) is 6.07 Å². The number of carbonyl (C=O) groups excluding carboxylic acids is 1. The summed E-state index contributed by atoms with van der Waals surface area (Å²) in [5, 5.41) is 0. The van der Waals surface area contributed by atoms with Gasteiger partial charge in [0.05, 0.1) is 5.41 Å². The van der Waals surface area contributed by atoms with E-state index in [1.165, 1.54) is 33.4 Å². The monoisotopic (exact) mass is 324 g/mol. The van der Waals surface area contributed by atoms with Crippen molar-refractivity contribution in [2.45, 2.75) is 31.1 Å². The summed E-state index contributed by atoms with van der Waals surface area (Å²) in [6, 6.07) is 25.8. The van der Waals surface area contributed by atoms with E-state index in [0.29, 0.717) is 18.1 Å². The Morgan fingerprint density at radius 1 is 0.840 bits per heavy atom. The van der Waals surface area contributed by atoms with E-state index < -0.39 is 0 Å². The van der Waals surface area contributed by atoms with Crippen LogP contribution in [0.1, 0.15) is 36.8 Å². The average Bonchev–Trinajstić information content (AvgIpc) is 2.98. The second-order valence-corrected chi connectivity index (χ2v) is 7.43. The zero-order valence-corrected chi connectivity index (χ0v) is 14.3. The number of carbonyl (C=O) groups is 1. The molecule has 3 aromatic carbocycles. The van der Waals surface area contributed by atoms with Gasteiger partial charge in [-0.15, -0.1) is 0 Å². The Balaban J connectivity index is 1.80. The molecule has 0 aliphatic heterocycles. The van der Waals surface area contributed by atoms with Crippen molar-refractivity contribution in [2.75, 3.05) is 0 Å². The molecule has 0 bridgehead atoms. The molecule has 1 saturated carbocycles. The van der Waals surface area contributed by atoms with Gasteiger partial charge in [0.2, 0.25) is 0 Å². The third-order valence-electron chi connectivity index (χ3n) is 6.25. The molecule has 0 unspecified atom stereocenters. The lowest BCUT2D eigenvalue weighted by Gasteiger charge is -2.38. The minimum Gasteiger partial charge on any atom is -0.299 e. The van der Waals surface area contributed by atoms with Crippen molar-refractivity contribution >= 4 is 5.78 Å². The van der Waals surface area contributed by atoms with Crippen LogP contribution >= 0.6 is 0 Å². The van der Waals surface area contributed by atoms with E-state index in [9.17, 15) is 4.79 Å². The van der Waals surface area contributed by atoms with Gasteiger partial charge in [0.25, 0.3) is 0 Å². The van der Waals surface area contributed by atoms with E-state index in [-0.39, 0.29) is 5.41 Å². The first kappa shape index (κ1) is 14.7. The normalized spacial score (nSPS) is 23.7. The molecule has 1 nitrogen and oxygen atoms in total. The zero-order chi connectivity index (χ0) is 17.0. The molecule has 1 fully saturated rings. The second-order valence-electron chi connectivity index (χ2n) is 7.43. The van der Waals surface area contributed by atoms with Crippen molar-refractivity contribution < 1.29 is 4.79 Å². The van der Waals surface area contributed by atoms with Gasteiger partial charge in [-0.05, 0) is 52.8 Å². The fourth-order valence-electron chi connectivity index (χ4n) is 4.90. The molecule has 122 valence electrons. The van der Waals surface area contributed by atoms with Gasteiger partial charge in [-0.1, -0.05) is 66.7 Å². The highest BCUT2D eigenvalue weighted by molar-refractivity contribution is 5.98. The van der Waals surface area contributed by atoms with Crippen LogP contribution in [0.3, 0.4) is 0 Å². The Kier molecular flexibility index (Phi) is 3.03. The molecule has 0 heterocycles. The SMILES string of the molecule is C[C@]12C(=O)CC[C@@H]1c1ccccc1-c1cc(-c3ccccc3)ccc12. The van der Waals surface area contributed by atoms with Crippen LogP contribution in [0.2, 0.25) is 0 Å². The molecule has 2 aliphatic carbocycles. The first-order valence-electron chi connectivity index (χ1n) is 9.02. The molecule has 2 atom stereocenters. The summed E-state index contributed by atoms with van der Waals surface area (Å²) < 4.78 is 0. The fraction of sp³-hybridized carbons (Fsp3) is 0.208. The van der Waals surface area contributed by atoms with E-state index in [4.69, 9.17) is 0 Å². The molecule has 0 radical (unpaired) electrons. The van der Waals surface area contributed by atoms with Crippen molar-refractivity contribution in [3.63, 3.8) is 0 Å². The lowest BCUT2D eigenvalue weighted by molar-refractivity contribution is -0.121. The van der Waals surface area contributed by atoms with Gasteiger partial charge in [-0.25, -0.2) is 0 Å². The van der Waals surface area contributed by atoms with Gasteiger partial charge in [0, 0.05) is 12.3 Å². The molecular weight excluding hydrogens is 304 g/mol. The molecule has 5 rings (SSSR count). The molecule has 2 aliphatic rings. The van der Waals surface area contributed by atoms with Crippen LogP contribution < -0.4 is 0 Å². The summed E-state index contributed by atoms with van der Waals surface area (Å²) in [6.45, 7) is 2.16. The number of Topliss-reactive ketones (excluding diaryl/α,β-unsaturated/α-hetero) is 1. The molecule has 0 N–H and O–H groups in total. The summed E-state index contributed by atoms with van der Waals surface area (Å²) in [4.78, 5) is 12.9. The van der Waals surface area contributed by atoms with Gasteiger partial charge >= 0.3 is 0 Å². The summed E-state index contributed by atoms with van der Waals surface area (Å²) in [5.41, 5.74) is 7.12. The maximum absolute atomic E-state index is 12.9. The Morgan fingerprint density at radius 3 is 2.44 bits per heavy atom. The molecule has 0 aromatic heterocycles. The van der Waals surface area contributed by atoms with Gasteiger partial charge in [0.1, 0.15) is 5.78 Å². The van der Waals surface area contributed by atoms with Crippen LogP contribution in [-0.2, 0) is 10.2 Å². The molecule has 0 saturated heterocycles. The summed E-state index contributed by atoms with van der Waals surface area (Å²) >= 11 is 0. The van der Waals surface area contributed by atoms with Gasteiger partial charge in [0.15, 0.2) is 0 Å². The van der Waals surface area contributed by atoms with Crippen molar-refractivity contribution in [1.29, 1.82) is 0 Å². The largest absolute Gasteiger partial charge is 0.299 e. The summed E-state index contributed by atoms with van der Waals surface area (Å²) in [6.07, 6.45) is 1.65. The minimum atomic E-state index is -0.376. The lowest BCUT2D eigenvalue weighted by atomic mass is 9.63. The Morgan fingerprint density at radius 2 is 1.60 bits per heavy atom. The van der Waals surface area contributed by atoms with E-state index in [2.05, 4.69) is 73.7 Å². The number of ketones is 1. The Bertz CT molecular complexity index is 986. The van der Waals surface area contributed by atoms with Gasteiger partial charge in [-0.3, -0.25) is 4.79 Å². The first-order chi connectivity index (χ1) is 12.2. The number of hydrogen-bond donors (Lipinski definition) is 0. The fourth-order valence-corrected chi connectivity index (χ4v) is 4.90. The van der Waals surface area contributed by atoms with Gasteiger partial charge in [-0.2, -0.15) is 0 Å². The predicted octanol–water partition coefficient (Wildman–Crippen LogP) is 5.74. The van der Waals surface area contributed by atoms with Crippen molar-refractivity contribution in [3.8, 4) is 22.3 Å². The first-order valence-corrected chi connectivity index (χ1v) is 9.02. The van der Waals surface area contributed by atoms with E-state index in [1.54, 1.807) is 0 Å². The number of rotatable bonds is 1. The Labute approximate surface area is 148 Å². The van der Waals surface area contributed by atoms with Crippen LogP contribution in [0, 0.1) is 0 Å². The number of fused-ring (bicyclic) bond motifs is 6. The third kappa shape index (κ3) is 1.93. The maximum atomic E-state index is 12.9. The smallest absolute Gasteiger partial charge is 0.143 e. The zero-order valence-electron chi connectivity index (χ0n) is 14.3. The Hall–Kier alpha value is -2.67. The molecular formula is C24H20O. The second kappa shape index (κ2) is 5.16. The van der Waals surface area contributed by atoms with Crippen LogP contribution in [0.25, 0.3) is 22.3 Å². The standard InChI is InChI=1S/C24H20O/c1-24-21(13-14-23(24)25)19-10-6-5-9-18(19)20-15-17(11-12-22(20)24)16-7-3-2-4-8-16/h2-12,15,21H,13-14H2,1H3/t21-,24+/m1/s1. The predicted molar refractivity (Wildman–Crippen MR) is 102 cm³/mol. The van der Waals surface area contributed by atoms with E-state index >= 15 is 0 Å². The quantitative estimate of drug-likeness (QED) is 0.558. The third-order valence-corrected chi connectivity index (χ3v) is 6.25. The average molecular weight is 324 g/mol. The summed E-state index contributed by atoms with van der Waals surface area (Å²) in [5.74, 6) is 0.701. The molecule has 3 aromatic rings. The number of hydrogen-bond acceptors (Lipinski definition) is 1. The highest BCUT2D eigenvalue weighted by Gasteiger charge is 2.51. The van der Waals surface area contributed by atoms with E-state index in [0.717, 1.165) is 6.42 Å². The lowest BCUT2D eigenvalue weighted by Crippen LogP contribution is -2.36. The molecule has 0 amide bonds. The topological polar surface area (TPSA) is 17.1 Å². The molecule has 1 heteroatoms. The van der Waals surface area contributed by atoms with Crippen molar-refractivity contribution in [2.24, 2.45) is 0 Å². The highest BCUT2D eigenvalue weighted by atomic mass is 16.1.